The van der Waals surface area contributed by atoms with E-state index in [1.165, 1.54) is 201 Å². The number of piperazine rings is 2. The minimum atomic E-state index is 0. The van der Waals surface area contributed by atoms with Gasteiger partial charge in [-0.05, 0) is 356 Å². The summed E-state index contributed by atoms with van der Waals surface area (Å²) in [7, 11) is 34.3. The first-order chi connectivity index (χ1) is 54.2. The third-order valence-electron chi connectivity index (χ3n) is 23.3. The Morgan fingerprint density at radius 2 is 0.810 bits per heavy atom. The molecule has 0 spiro atoms. The highest BCUT2D eigenvalue weighted by molar-refractivity contribution is 5.14. The van der Waals surface area contributed by atoms with Crippen LogP contribution in [0.25, 0.3) is 0 Å². The lowest BCUT2D eigenvalue weighted by molar-refractivity contribution is 0.104. The van der Waals surface area contributed by atoms with Crippen LogP contribution < -0.4 is 21.3 Å². The Morgan fingerprint density at radius 3 is 1.22 bits per heavy atom. The number of likely N-dealkylation sites (tertiary alicyclic amines) is 4. The molecule has 0 bridgehead atoms. The van der Waals surface area contributed by atoms with Gasteiger partial charge in [0.25, 0.3) is 0 Å². The lowest BCUT2D eigenvalue weighted by atomic mass is 9.93. The van der Waals surface area contributed by atoms with Crippen molar-refractivity contribution in [3.63, 3.8) is 0 Å². The maximum atomic E-state index is 3.47. The van der Waals surface area contributed by atoms with E-state index in [1.807, 2.05) is 0 Å². The molecule has 0 amide bonds. The van der Waals surface area contributed by atoms with Crippen LogP contribution in [-0.2, 0) is 6.54 Å². The molecule has 702 valence electrons. The first kappa shape index (κ1) is 119. The Bertz CT molecular complexity index is 2210. The fraction of sp³-hybridized carbons (Fsp3) is 0.938. The number of piperidine rings is 2. The summed E-state index contributed by atoms with van der Waals surface area (Å²) in [6.45, 7) is 81.9. The normalized spacial score (nSPS) is 18.4. The molecule has 0 aliphatic carbocycles. The van der Waals surface area contributed by atoms with E-state index in [9.17, 15) is 0 Å². The smallest absolute Gasteiger partial charge is 0.0234 e. The summed E-state index contributed by atoms with van der Waals surface area (Å²) < 4.78 is 0. The van der Waals surface area contributed by atoms with Gasteiger partial charge in [-0.15, -0.1) is 0 Å². The molecule has 20 heteroatoms. The Hall–Kier alpha value is -1.58. The molecule has 6 aliphatic heterocycles. The standard InChI is InChI=1S/C14H22N2.C12H24N2.2C10H22N2.C10H24N2.C9H22N2.C8H18N2.2C8H20N2.C7H18N2.3H2/c1-13(2)16-10-8-15(9-11-16)12-14-6-4-3-5-7-14;1-11(2)13-9-5-12(6-10-13)14-7-3-4-8-14;1-9(2)12(4)10-5-7-11(3)8-6-10;1-9(2)11-7-6-10-5-4-8-12(10)3;1-9(2)11-7-10(3,4)8-12(5)6;1-9(2)11(5)8-6-7-10(3)4;1-8(2)10-6-4-9(3)5-7-10;1-8(2)10(5)7-6-9(3)4;1-8(2)9-6-5-7-10(3)4;1-7(2)8-5-6-9(3)4;;;/h3-7,13H,8-12H2,1-2H3;11-12H,3-10H2,1-2H3;9-10H,5-8H2,1-4H3;9-11H,4-8H2,1-3H3;9,11H,7-8H2,1-6H3;9H,6-8H2,1-5H3;8H,4-7H2,1-3H3;8H,6-7H2,1-5H3;8-9H,5-7H2,1-4H3;7-8H,5-6H2,1-4H3;3*1H. The summed E-state index contributed by atoms with van der Waals surface area (Å²) in [4.78, 5) is 38.6. The average molecular weight is 1650 g/mol. The van der Waals surface area contributed by atoms with Crippen LogP contribution in [-0.4, -0.2) is 440 Å². The molecule has 1 atom stereocenters. The number of hydrogen-bond donors (Lipinski definition) is 4. The molecule has 6 saturated heterocycles. The van der Waals surface area contributed by atoms with Crippen LogP contribution in [0.2, 0.25) is 0 Å². The second-order valence-corrected chi connectivity index (χ2v) is 40.1. The van der Waals surface area contributed by atoms with Crippen molar-refractivity contribution in [2.45, 2.75) is 308 Å². The number of nitrogens with one attached hydrogen (secondary N) is 4. The van der Waals surface area contributed by atoms with Crippen molar-refractivity contribution in [1.29, 1.82) is 0 Å². The maximum absolute atomic E-state index is 3.47. The molecule has 116 heavy (non-hydrogen) atoms. The zero-order valence-corrected chi connectivity index (χ0v) is 85.4. The minimum absolute atomic E-state index is 0. The van der Waals surface area contributed by atoms with Gasteiger partial charge in [-0.2, -0.15) is 0 Å². The van der Waals surface area contributed by atoms with E-state index in [-0.39, 0.29) is 4.28 Å². The van der Waals surface area contributed by atoms with Gasteiger partial charge in [0.1, 0.15) is 0 Å². The Kier molecular flexibility index (Phi) is 73.3. The zero-order chi connectivity index (χ0) is 89.1. The number of benzene rings is 1. The average Bonchev–Trinajstić information content (AvgIpc) is 1.82. The summed E-state index contributed by atoms with van der Waals surface area (Å²) in [5.41, 5.74) is 1.80. The molecule has 6 heterocycles. The fourth-order valence-electron chi connectivity index (χ4n) is 14.5. The summed E-state index contributed by atoms with van der Waals surface area (Å²) in [6, 6.07) is 20.0. The van der Waals surface area contributed by atoms with Gasteiger partial charge in [0.2, 0.25) is 0 Å². The molecule has 4 N–H and O–H groups in total. The number of hydrogen-bond acceptors (Lipinski definition) is 20. The van der Waals surface area contributed by atoms with E-state index in [1.54, 1.807) is 0 Å². The Balaban J connectivity index is -0.000000299. The summed E-state index contributed by atoms with van der Waals surface area (Å²) in [6.07, 6.45) is 15.0. The van der Waals surface area contributed by atoms with Gasteiger partial charge in [0, 0.05) is 181 Å². The van der Waals surface area contributed by atoms with E-state index >= 15 is 0 Å². The second kappa shape index (κ2) is 71.7. The maximum Gasteiger partial charge on any atom is 0.0234 e. The SMILES string of the molecule is CC(C)N(C)C1CCN(C)CC1.CC(C)N(C)CCCN(C)C.CC(C)N(C)CCN(C)C.CC(C)N1CCC(N2CCCC2)CC1.CC(C)N1CCN(C)CC1.CC(C)N1CCN(Cc2ccccc2)CC1.CC(C)NCC(C)(C)CN(C)C.CC(C)NCCC1CCCN1C.CC(C)NCCCN(C)C.CC(C)NCCN(C)C.[HH].[HH].[HH]. The topological polar surface area (TPSA) is 100.0 Å². The van der Waals surface area contributed by atoms with Crippen molar-refractivity contribution in [2.24, 2.45) is 5.41 Å². The highest BCUT2D eigenvalue weighted by atomic mass is 15.3. The predicted octanol–water partition coefficient (Wildman–Crippen LogP) is 13.7. The fourth-order valence-corrected chi connectivity index (χ4v) is 14.5. The highest BCUT2D eigenvalue weighted by Crippen LogP contribution is 2.23. The molecule has 0 radical (unpaired) electrons. The largest absolute Gasteiger partial charge is 0.314 e. The molecule has 1 aromatic carbocycles. The number of likely N-dealkylation sites (N-methyl/N-ethyl adjacent to an activating group) is 4. The summed E-state index contributed by atoms with van der Waals surface area (Å²) in [5, 5.41) is 13.6. The van der Waals surface area contributed by atoms with Gasteiger partial charge in [-0.3, -0.25) is 14.7 Å². The van der Waals surface area contributed by atoms with E-state index in [4.69, 9.17) is 0 Å². The van der Waals surface area contributed by atoms with Crippen LogP contribution in [0.3, 0.4) is 0 Å². The van der Waals surface area contributed by atoms with Crippen LogP contribution >= 0.6 is 0 Å². The lowest BCUT2D eigenvalue weighted by Gasteiger charge is -2.38. The van der Waals surface area contributed by atoms with Crippen molar-refractivity contribution < 1.29 is 4.28 Å². The van der Waals surface area contributed by atoms with Crippen molar-refractivity contribution >= 4 is 0 Å². The molecular formula is C96H218N20. The van der Waals surface area contributed by atoms with Crippen molar-refractivity contribution in [3.05, 3.63) is 35.9 Å². The monoisotopic (exact) mass is 1650 g/mol. The molecule has 0 aromatic heterocycles. The first-order valence-corrected chi connectivity index (χ1v) is 47.3. The Morgan fingerprint density at radius 1 is 0.388 bits per heavy atom. The van der Waals surface area contributed by atoms with Gasteiger partial charge in [0.05, 0.1) is 0 Å². The molecule has 6 fully saturated rings. The van der Waals surface area contributed by atoms with Gasteiger partial charge in [0.15, 0.2) is 0 Å². The van der Waals surface area contributed by atoms with Gasteiger partial charge in [-0.25, -0.2) is 0 Å². The van der Waals surface area contributed by atoms with Crippen LogP contribution in [0.4, 0.5) is 0 Å². The van der Waals surface area contributed by atoms with Gasteiger partial charge in [-0.1, -0.05) is 99.6 Å². The Labute approximate surface area is 732 Å². The minimum Gasteiger partial charge on any atom is -0.314 e. The van der Waals surface area contributed by atoms with Gasteiger partial charge >= 0.3 is 0 Å². The number of nitrogens with zero attached hydrogens (tertiary/aromatic N) is 16. The molecule has 20 nitrogen and oxygen atoms in total. The summed E-state index contributed by atoms with van der Waals surface area (Å²) >= 11 is 0. The van der Waals surface area contributed by atoms with Gasteiger partial charge < -0.3 is 85.0 Å². The summed E-state index contributed by atoms with van der Waals surface area (Å²) in [5.74, 6) is 0. The quantitative estimate of drug-likeness (QED) is 0.0485. The molecule has 0 saturated carbocycles. The van der Waals surface area contributed by atoms with Crippen LogP contribution in [0.1, 0.15) is 233 Å². The van der Waals surface area contributed by atoms with Crippen molar-refractivity contribution in [1.82, 2.24) is 99.7 Å². The van der Waals surface area contributed by atoms with Crippen molar-refractivity contribution in [2.75, 3.05) is 283 Å². The highest BCUT2D eigenvalue weighted by Gasteiger charge is 2.28. The van der Waals surface area contributed by atoms with Crippen LogP contribution in [0, 0.1) is 5.41 Å². The molecular weight excluding hydrogens is 1430 g/mol. The van der Waals surface area contributed by atoms with Crippen molar-refractivity contribution in [3.8, 4) is 0 Å². The molecule has 7 rings (SSSR count). The second-order valence-electron chi connectivity index (χ2n) is 40.1. The van der Waals surface area contributed by atoms with E-state index < -0.39 is 0 Å². The molecule has 6 aliphatic rings. The lowest BCUT2D eigenvalue weighted by Crippen LogP contribution is -2.48. The molecule has 1 unspecified atom stereocenters. The third kappa shape index (κ3) is 70.8. The van der Waals surface area contributed by atoms with E-state index in [2.05, 4.69) is 395 Å². The van der Waals surface area contributed by atoms with Crippen LogP contribution in [0.5, 0.6) is 0 Å². The number of rotatable bonds is 35. The predicted molar refractivity (Wildman–Crippen MR) is 527 cm³/mol. The van der Waals surface area contributed by atoms with E-state index in [0.717, 1.165) is 82.6 Å². The first-order valence-electron chi connectivity index (χ1n) is 47.3. The third-order valence-corrected chi connectivity index (χ3v) is 23.3. The zero-order valence-electron chi connectivity index (χ0n) is 85.4. The molecule has 1 aromatic rings. The van der Waals surface area contributed by atoms with Crippen LogP contribution in [0.15, 0.2) is 30.3 Å². The van der Waals surface area contributed by atoms with E-state index in [0.29, 0.717) is 53.7 Å².